The molecule has 1 N–H and O–H groups in total. The highest BCUT2D eigenvalue weighted by atomic mass is 35.5. The molecule has 1 atom stereocenters. The molecule has 1 unspecified atom stereocenters. The van der Waals surface area contributed by atoms with E-state index in [0.717, 1.165) is 10.4 Å². The number of amides is 1. The first-order valence-corrected chi connectivity index (χ1v) is 9.99. The van der Waals surface area contributed by atoms with Gasteiger partial charge in [-0.15, -0.1) is 11.3 Å². The molecule has 2 aliphatic rings. The second kappa shape index (κ2) is 7.82. The van der Waals surface area contributed by atoms with Crippen LogP contribution in [0, 0.1) is 0 Å². The van der Waals surface area contributed by atoms with Crippen LogP contribution in [-0.4, -0.2) is 41.4 Å². The minimum Gasteiger partial charge on any atom is -0.444 e. The Labute approximate surface area is 158 Å². The lowest BCUT2D eigenvalue weighted by Crippen LogP contribution is -2.49. The van der Waals surface area contributed by atoms with E-state index in [9.17, 15) is 9.90 Å². The fourth-order valence-electron chi connectivity index (χ4n) is 3.12. The molecule has 1 aromatic rings. The van der Waals surface area contributed by atoms with Crippen molar-refractivity contribution >= 4 is 29.0 Å². The quantitative estimate of drug-likeness (QED) is 0.697. The SMILES string of the molecule is CC.CC(C)(C)OC(=O)N1CCC2(CC1)OCC(O)c1cc(Cl)sc12. The zero-order chi connectivity index (χ0) is 18.8. The van der Waals surface area contributed by atoms with Crippen LogP contribution in [0.2, 0.25) is 4.34 Å². The van der Waals surface area contributed by atoms with Crippen molar-refractivity contribution in [2.24, 2.45) is 0 Å². The summed E-state index contributed by atoms with van der Waals surface area (Å²) in [6.45, 7) is 11.0. The van der Waals surface area contributed by atoms with Crippen LogP contribution >= 0.6 is 22.9 Å². The number of thiophene rings is 1. The van der Waals surface area contributed by atoms with Gasteiger partial charge >= 0.3 is 6.09 Å². The van der Waals surface area contributed by atoms with Crippen LogP contribution in [0.3, 0.4) is 0 Å². The minimum atomic E-state index is -0.622. The average Bonchev–Trinajstić information content (AvgIpc) is 2.96. The third-order valence-electron chi connectivity index (χ3n) is 4.24. The fourth-order valence-corrected chi connectivity index (χ4v) is 4.61. The average molecular weight is 390 g/mol. The second-order valence-corrected chi connectivity index (χ2v) is 8.81. The number of halogens is 1. The van der Waals surface area contributed by atoms with Crippen LogP contribution in [0.1, 0.15) is 64.0 Å². The van der Waals surface area contributed by atoms with Gasteiger partial charge in [0.2, 0.25) is 0 Å². The van der Waals surface area contributed by atoms with E-state index in [1.807, 2.05) is 40.7 Å². The number of rotatable bonds is 0. The summed E-state index contributed by atoms with van der Waals surface area (Å²) in [5, 5.41) is 10.1. The number of hydrogen-bond acceptors (Lipinski definition) is 5. The van der Waals surface area contributed by atoms with Gasteiger partial charge in [-0.05, 0) is 39.7 Å². The normalized spacial score (nSPS) is 22.0. The van der Waals surface area contributed by atoms with E-state index < -0.39 is 17.3 Å². The number of likely N-dealkylation sites (tertiary alicyclic amines) is 1. The first kappa shape index (κ1) is 20.5. The highest BCUT2D eigenvalue weighted by Gasteiger charge is 2.45. The van der Waals surface area contributed by atoms with Gasteiger partial charge in [0.15, 0.2) is 0 Å². The molecule has 0 saturated carbocycles. The van der Waals surface area contributed by atoms with Gasteiger partial charge in [-0.2, -0.15) is 0 Å². The molecule has 0 radical (unpaired) electrons. The minimum absolute atomic E-state index is 0.270. The number of ether oxygens (including phenoxy) is 2. The molecular weight excluding hydrogens is 362 g/mol. The summed E-state index contributed by atoms with van der Waals surface area (Å²) in [6.07, 6.45) is 0.460. The van der Waals surface area contributed by atoms with E-state index in [0.29, 0.717) is 30.3 Å². The predicted molar refractivity (Wildman–Crippen MR) is 100 cm³/mol. The molecule has 5 nitrogen and oxygen atoms in total. The van der Waals surface area contributed by atoms with Gasteiger partial charge in [0.25, 0.3) is 0 Å². The number of fused-ring (bicyclic) bond motifs is 2. The molecule has 3 heterocycles. The monoisotopic (exact) mass is 389 g/mol. The van der Waals surface area contributed by atoms with Crippen LogP contribution in [0.25, 0.3) is 0 Å². The summed E-state index contributed by atoms with van der Waals surface area (Å²) in [5.74, 6) is 0. The van der Waals surface area contributed by atoms with Gasteiger partial charge in [-0.3, -0.25) is 0 Å². The molecule has 0 aromatic carbocycles. The van der Waals surface area contributed by atoms with Crippen molar-refractivity contribution in [3.63, 3.8) is 0 Å². The summed E-state index contributed by atoms with van der Waals surface area (Å²) < 4.78 is 12.1. The lowest BCUT2D eigenvalue weighted by atomic mass is 9.85. The Kier molecular flexibility index (Phi) is 6.41. The van der Waals surface area contributed by atoms with E-state index >= 15 is 0 Å². The molecule has 3 rings (SSSR count). The molecule has 7 heteroatoms. The molecule has 1 amide bonds. The Morgan fingerprint density at radius 1 is 1.40 bits per heavy atom. The summed E-state index contributed by atoms with van der Waals surface area (Å²) in [4.78, 5) is 14.9. The number of aliphatic hydroxyl groups excluding tert-OH is 1. The highest BCUT2D eigenvalue weighted by Crippen LogP contribution is 2.49. The molecule has 1 saturated heterocycles. The van der Waals surface area contributed by atoms with Crippen LogP contribution in [-0.2, 0) is 15.1 Å². The van der Waals surface area contributed by atoms with Crippen molar-refractivity contribution in [2.75, 3.05) is 19.7 Å². The van der Waals surface area contributed by atoms with E-state index in [-0.39, 0.29) is 12.7 Å². The lowest BCUT2D eigenvalue weighted by molar-refractivity contribution is -0.127. The van der Waals surface area contributed by atoms with Crippen molar-refractivity contribution < 1.29 is 19.4 Å². The second-order valence-electron chi connectivity index (χ2n) is 7.12. The number of nitrogens with zero attached hydrogens (tertiary/aromatic N) is 1. The van der Waals surface area contributed by atoms with Crippen molar-refractivity contribution in [1.82, 2.24) is 4.90 Å². The van der Waals surface area contributed by atoms with Gasteiger partial charge in [0.1, 0.15) is 17.3 Å². The number of carbonyl (C=O) groups excluding carboxylic acids is 1. The molecule has 1 spiro atoms. The standard InChI is InChI=1S/C16H22ClNO4S.C2H6/c1-15(2,3)22-14(20)18-6-4-16(5-7-18)13-10(8-12(17)23-13)11(19)9-21-16;1-2/h8,11,19H,4-7,9H2,1-3H3;1-2H3. The predicted octanol–water partition coefficient (Wildman–Crippen LogP) is 4.72. The molecule has 1 fully saturated rings. The summed E-state index contributed by atoms with van der Waals surface area (Å²) in [5.41, 5.74) is -0.0613. The van der Waals surface area contributed by atoms with Crippen LogP contribution in [0.5, 0.6) is 0 Å². The summed E-state index contributed by atoms with van der Waals surface area (Å²) >= 11 is 7.60. The summed E-state index contributed by atoms with van der Waals surface area (Å²) in [6, 6.07) is 1.83. The molecule has 25 heavy (non-hydrogen) atoms. The Balaban J connectivity index is 0.00000109. The van der Waals surface area contributed by atoms with Crippen molar-refractivity contribution in [1.29, 1.82) is 0 Å². The maximum absolute atomic E-state index is 12.2. The van der Waals surface area contributed by atoms with Gasteiger partial charge < -0.3 is 19.5 Å². The van der Waals surface area contributed by atoms with Gasteiger partial charge in [0.05, 0.1) is 10.9 Å². The summed E-state index contributed by atoms with van der Waals surface area (Å²) in [7, 11) is 0. The third kappa shape index (κ3) is 4.48. The maximum Gasteiger partial charge on any atom is 0.410 e. The largest absolute Gasteiger partial charge is 0.444 e. The number of aliphatic hydroxyl groups is 1. The fraction of sp³-hybridized carbons (Fsp3) is 0.722. The number of piperidine rings is 1. The van der Waals surface area contributed by atoms with Crippen molar-refractivity contribution in [3.05, 3.63) is 20.8 Å². The Hall–Kier alpha value is -0.820. The van der Waals surface area contributed by atoms with E-state index in [1.165, 1.54) is 11.3 Å². The maximum atomic E-state index is 12.2. The third-order valence-corrected chi connectivity index (χ3v) is 5.71. The Morgan fingerprint density at radius 2 is 2.00 bits per heavy atom. The molecule has 2 aliphatic heterocycles. The van der Waals surface area contributed by atoms with E-state index in [4.69, 9.17) is 21.1 Å². The molecule has 1 aromatic heterocycles. The molecule has 0 bridgehead atoms. The Morgan fingerprint density at radius 3 is 2.56 bits per heavy atom. The zero-order valence-corrected chi connectivity index (χ0v) is 17.2. The lowest BCUT2D eigenvalue weighted by Gasteiger charge is -2.44. The van der Waals surface area contributed by atoms with E-state index in [2.05, 4.69) is 0 Å². The topological polar surface area (TPSA) is 59.0 Å². The zero-order valence-electron chi connectivity index (χ0n) is 15.6. The van der Waals surface area contributed by atoms with Crippen LogP contribution in [0.15, 0.2) is 6.07 Å². The highest BCUT2D eigenvalue weighted by molar-refractivity contribution is 7.16. The smallest absolute Gasteiger partial charge is 0.410 e. The van der Waals surface area contributed by atoms with Crippen molar-refractivity contribution in [3.8, 4) is 0 Å². The van der Waals surface area contributed by atoms with Gasteiger partial charge in [0, 0.05) is 23.5 Å². The Bertz CT molecular complexity index is 603. The first-order valence-electron chi connectivity index (χ1n) is 8.80. The van der Waals surface area contributed by atoms with Crippen molar-refractivity contribution in [2.45, 2.75) is 64.8 Å². The van der Waals surface area contributed by atoms with Crippen LogP contribution in [0.4, 0.5) is 4.79 Å². The molecule has 142 valence electrons. The molecular formula is C18H28ClNO4S. The number of hydrogen-bond donors (Lipinski definition) is 1. The number of carbonyl (C=O) groups is 1. The van der Waals surface area contributed by atoms with Gasteiger partial charge in [-0.1, -0.05) is 25.4 Å². The van der Waals surface area contributed by atoms with Gasteiger partial charge in [-0.25, -0.2) is 4.79 Å². The molecule has 0 aliphatic carbocycles. The first-order chi connectivity index (χ1) is 11.7. The van der Waals surface area contributed by atoms with E-state index in [1.54, 1.807) is 4.90 Å². The van der Waals surface area contributed by atoms with Crippen LogP contribution < -0.4 is 0 Å².